The van der Waals surface area contributed by atoms with Crippen LogP contribution in [0.3, 0.4) is 0 Å². The molecular weight excluding hydrogens is 333 g/mol. The quantitative estimate of drug-likeness (QED) is 0.905. The smallest absolute Gasteiger partial charge is 0.244 e. The van der Waals surface area contributed by atoms with Crippen molar-refractivity contribution >= 4 is 34.0 Å². The maximum Gasteiger partial charge on any atom is 0.244 e. The largest absolute Gasteiger partial charge is 0.329 e. The molecule has 2 rings (SSSR count). The van der Waals surface area contributed by atoms with E-state index < -0.39 is 10.0 Å². The Bertz CT molecular complexity index is 643. The van der Waals surface area contributed by atoms with Crippen molar-refractivity contribution in [1.29, 1.82) is 5.26 Å². The summed E-state index contributed by atoms with van der Waals surface area (Å²) in [6.45, 7) is 0.712. The lowest BCUT2D eigenvalue weighted by molar-refractivity contribution is 0.257. The normalized spacial score (nSPS) is 19.6. The van der Waals surface area contributed by atoms with E-state index in [4.69, 9.17) is 22.6 Å². The molecule has 8 heteroatoms. The minimum Gasteiger partial charge on any atom is -0.329 e. The molecule has 1 atom stereocenters. The Balaban J connectivity index is 0.00000220. The van der Waals surface area contributed by atoms with Gasteiger partial charge >= 0.3 is 0 Å². The van der Waals surface area contributed by atoms with Crippen LogP contribution in [0.4, 0.5) is 0 Å². The fourth-order valence-electron chi connectivity index (χ4n) is 2.48. The molecule has 0 aromatic heterocycles. The molecule has 0 saturated carbocycles. The van der Waals surface area contributed by atoms with Gasteiger partial charge in [-0.3, -0.25) is 0 Å². The zero-order chi connectivity index (χ0) is 14.8. The molecule has 1 aliphatic heterocycles. The molecule has 0 amide bonds. The molecule has 0 spiro atoms. The molecule has 2 N–H and O–H groups in total. The van der Waals surface area contributed by atoms with Gasteiger partial charge in [-0.05, 0) is 25.0 Å². The van der Waals surface area contributed by atoms with Gasteiger partial charge in [0, 0.05) is 19.1 Å². The van der Waals surface area contributed by atoms with Crippen LogP contribution in [0.2, 0.25) is 5.02 Å². The van der Waals surface area contributed by atoms with E-state index in [0.29, 0.717) is 6.54 Å². The summed E-state index contributed by atoms with van der Waals surface area (Å²) >= 11 is 5.91. The van der Waals surface area contributed by atoms with Crippen LogP contribution in [0, 0.1) is 11.3 Å². The van der Waals surface area contributed by atoms with E-state index in [9.17, 15) is 8.42 Å². The zero-order valence-electron chi connectivity index (χ0n) is 11.3. The van der Waals surface area contributed by atoms with Gasteiger partial charge in [-0.2, -0.15) is 9.57 Å². The van der Waals surface area contributed by atoms with Crippen LogP contribution >= 0.6 is 24.0 Å². The van der Waals surface area contributed by atoms with Gasteiger partial charge in [0.05, 0.1) is 10.6 Å². The van der Waals surface area contributed by atoms with Crippen molar-refractivity contribution < 1.29 is 8.42 Å². The fraction of sp³-hybridized carbons (Fsp3) is 0.462. The van der Waals surface area contributed by atoms with Gasteiger partial charge in [0.2, 0.25) is 10.0 Å². The number of nitrogens with zero attached hydrogens (tertiary/aromatic N) is 2. The van der Waals surface area contributed by atoms with Crippen molar-refractivity contribution in [1.82, 2.24) is 4.31 Å². The third-order valence-electron chi connectivity index (χ3n) is 3.52. The van der Waals surface area contributed by atoms with E-state index in [-0.39, 0.29) is 40.5 Å². The van der Waals surface area contributed by atoms with E-state index in [1.165, 1.54) is 22.5 Å². The molecule has 0 aliphatic carbocycles. The third-order valence-corrected chi connectivity index (χ3v) is 5.83. The minimum absolute atomic E-state index is 0. The average molecular weight is 350 g/mol. The SMILES string of the molecule is Cl.N#Cc1c(Cl)cccc1S(=O)(=O)N1CCCCC1CN. The van der Waals surface area contributed by atoms with E-state index in [1.807, 2.05) is 6.07 Å². The predicted octanol–water partition coefficient (Wildman–Crippen LogP) is 2.14. The summed E-state index contributed by atoms with van der Waals surface area (Å²) in [6, 6.07) is 6.13. The summed E-state index contributed by atoms with van der Waals surface area (Å²) < 4.78 is 26.9. The number of benzene rings is 1. The maximum atomic E-state index is 12.7. The van der Waals surface area contributed by atoms with Crippen LogP contribution in [-0.4, -0.2) is 31.9 Å². The van der Waals surface area contributed by atoms with Crippen LogP contribution in [0.15, 0.2) is 23.1 Å². The van der Waals surface area contributed by atoms with Crippen LogP contribution in [0.5, 0.6) is 0 Å². The van der Waals surface area contributed by atoms with Gasteiger partial charge in [-0.15, -0.1) is 12.4 Å². The summed E-state index contributed by atoms with van der Waals surface area (Å²) in [4.78, 5) is -0.0344. The highest BCUT2D eigenvalue weighted by molar-refractivity contribution is 7.89. The first-order valence-electron chi connectivity index (χ1n) is 6.43. The second-order valence-electron chi connectivity index (χ2n) is 4.73. The van der Waals surface area contributed by atoms with Gasteiger partial charge in [0.25, 0.3) is 0 Å². The van der Waals surface area contributed by atoms with E-state index in [0.717, 1.165) is 19.3 Å². The molecule has 5 nitrogen and oxygen atoms in total. The van der Waals surface area contributed by atoms with E-state index in [2.05, 4.69) is 0 Å². The van der Waals surface area contributed by atoms with Gasteiger partial charge in [0.15, 0.2) is 0 Å². The van der Waals surface area contributed by atoms with Crippen molar-refractivity contribution in [2.45, 2.75) is 30.2 Å². The van der Waals surface area contributed by atoms with Crippen LogP contribution in [-0.2, 0) is 10.0 Å². The number of rotatable bonds is 3. The van der Waals surface area contributed by atoms with Crippen molar-refractivity contribution in [2.24, 2.45) is 5.73 Å². The number of halogens is 2. The molecule has 1 unspecified atom stereocenters. The second kappa shape index (κ2) is 7.43. The molecule has 0 radical (unpaired) electrons. The standard InChI is InChI=1S/C13H16ClN3O2S.ClH/c14-12-5-3-6-13(11(12)9-16)20(18,19)17-7-2-1-4-10(17)8-15;/h3,5-6,10H,1-2,4,7-8,15H2;1H. The highest BCUT2D eigenvalue weighted by atomic mass is 35.5. The van der Waals surface area contributed by atoms with E-state index >= 15 is 0 Å². The summed E-state index contributed by atoms with van der Waals surface area (Å²) in [6.07, 6.45) is 2.52. The molecule has 21 heavy (non-hydrogen) atoms. The lowest BCUT2D eigenvalue weighted by Gasteiger charge is -2.34. The van der Waals surface area contributed by atoms with Crippen molar-refractivity contribution in [3.8, 4) is 6.07 Å². The average Bonchev–Trinajstić information content (AvgIpc) is 2.46. The highest BCUT2D eigenvalue weighted by Gasteiger charge is 2.34. The van der Waals surface area contributed by atoms with Crippen molar-refractivity contribution in [3.05, 3.63) is 28.8 Å². The minimum atomic E-state index is -3.74. The van der Waals surface area contributed by atoms with Crippen LogP contribution in [0.1, 0.15) is 24.8 Å². The number of nitrogens with two attached hydrogens (primary N) is 1. The molecule has 1 aromatic carbocycles. The van der Waals surface area contributed by atoms with Gasteiger partial charge in [0.1, 0.15) is 11.0 Å². The monoisotopic (exact) mass is 349 g/mol. The first-order valence-corrected chi connectivity index (χ1v) is 8.24. The first-order chi connectivity index (χ1) is 9.52. The van der Waals surface area contributed by atoms with Gasteiger partial charge in [-0.1, -0.05) is 24.1 Å². The Morgan fingerprint density at radius 3 is 2.76 bits per heavy atom. The zero-order valence-corrected chi connectivity index (χ0v) is 13.7. The Hall–Kier alpha value is -0.840. The first kappa shape index (κ1) is 18.2. The molecule has 116 valence electrons. The summed E-state index contributed by atoms with van der Waals surface area (Å²) in [5.74, 6) is 0. The topological polar surface area (TPSA) is 87.2 Å². The molecule has 0 bridgehead atoms. The van der Waals surface area contributed by atoms with E-state index in [1.54, 1.807) is 0 Å². The predicted molar refractivity (Wildman–Crippen MR) is 84.0 cm³/mol. The lowest BCUT2D eigenvalue weighted by atomic mass is 10.1. The lowest BCUT2D eigenvalue weighted by Crippen LogP contribution is -2.47. The third kappa shape index (κ3) is 3.50. The second-order valence-corrected chi connectivity index (χ2v) is 6.99. The number of piperidine rings is 1. The summed E-state index contributed by atoms with van der Waals surface area (Å²) in [5.41, 5.74) is 5.67. The van der Waals surface area contributed by atoms with Crippen molar-refractivity contribution in [2.75, 3.05) is 13.1 Å². The maximum absolute atomic E-state index is 12.7. The van der Waals surface area contributed by atoms with Gasteiger partial charge < -0.3 is 5.73 Å². The molecule has 1 aromatic rings. The fourth-order valence-corrected chi connectivity index (χ4v) is 4.62. The Labute approximate surface area is 136 Å². The van der Waals surface area contributed by atoms with Crippen LogP contribution in [0.25, 0.3) is 0 Å². The molecule has 1 heterocycles. The highest BCUT2D eigenvalue weighted by Crippen LogP contribution is 2.29. The Kier molecular flexibility index (Phi) is 6.44. The summed E-state index contributed by atoms with van der Waals surface area (Å²) in [7, 11) is -3.74. The number of hydrogen-bond acceptors (Lipinski definition) is 4. The number of sulfonamides is 1. The summed E-state index contributed by atoms with van der Waals surface area (Å²) in [5, 5.41) is 9.29. The number of nitriles is 1. The molecular formula is C13H17Cl2N3O2S. The Morgan fingerprint density at radius 2 is 2.14 bits per heavy atom. The number of hydrogen-bond donors (Lipinski definition) is 1. The molecule has 1 fully saturated rings. The van der Waals surface area contributed by atoms with Crippen molar-refractivity contribution in [3.63, 3.8) is 0 Å². The Morgan fingerprint density at radius 1 is 1.43 bits per heavy atom. The molecule has 1 saturated heterocycles. The molecule has 1 aliphatic rings. The van der Waals surface area contributed by atoms with Gasteiger partial charge in [-0.25, -0.2) is 8.42 Å². The van der Waals surface area contributed by atoms with Crippen LogP contribution < -0.4 is 5.73 Å².